The van der Waals surface area contributed by atoms with Gasteiger partial charge in [0.1, 0.15) is 5.82 Å². The van der Waals surface area contributed by atoms with Crippen LogP contribution >= 0.6 is 0 Å². The van der Waals surface area contributed by atoms with Crippen molar-refractivity contribution < 1.29 is 4.74 Å². The number of anilines is 2. The molecule has 3 N–H and O–H groups in total. The molecule has 1 aliphatic rings. The van der Waals surface area contributed by atoms with Crippen LogP contribution in [0.2, 0.25) is 0 Å². The van der Waals surface area contributed by atoms with Crippen molar-refractivity contribution in [2.45, 2.75) is 38.6 Å². The van der Waals surface area contributed by atoms with Gasteiger partial charge in [-0.25, -0.2) is 0 Å². The molecule has 1 aromatic heterocycles. The second-order valence-corrected chi connectivity index (χ2v) is 4.58. The number of nitrogens with two attached hydrogens (primary N) is 1. The van der Waals surface area contributed by atoms with Crippen molar-refractivity contribution in [3.05, 3.63) is 6.07 Å². The maximum absolute atomic E-state index is 5.62. The van der Waals surface area contributed by atoms with Crippen LogP contribution in [0.25, 0.3) is 0 Å². The third-order valence-electron chi connectivity index (χ3n) is 3.09. The summed E-state index contributed by atoms with van der Waals surface area (Å²) in [4.78, 5) is 8.14. The Morgan fingerprint density at radius 1 is 1.53 bits per heavy atom. The highest BCUT2D eigenvalue weighted by atomic mass is 16.5. The molecule has 2 rings (SSSR count). The van der Waals surface area contributed by atoms with Crippen molar-refractivity contribution in [2.75, 3.05) is 18.2 Å². The van der Waals surface area contributed by atoms with Gasteiger partial charge < -0.3 is 15.8 Å². The lowest BCUT2D eigenvalue weighted by Gasteiger charge is -2.17. The lowest BCUT2D eigenvalue weighted by molar-refractivity contribution is 0.398. The monoisotopic (exact) mass is 236 g/mol. The second kappa shape index (κ2) is 5.21. The number of rotatable bonds is 6. The fraction of sp³-hybridized carbons (Fsp3) is 0.667. The number of ether oxygens (including phenoxy) is 1. The van der Waals surface area contributed by atoms with E-state index in [4.69, 9.17) is 10.5 Å². The number of aromatic nitrogens is 2. The zero-order chi connectivity index (χ0) is 12.3. The van der Waals surface area contributed by atoms with E-state index in [9.17, 15) is 0 Å². The molecule has 1 unspecified atom stereocenters. The molecular weight excluding hydrogens is 216 g/mol. The molecule has 17 heavy (non-hydrogen) atoms. The van der Waals surface area contributed by atoms with E-state index in [-0.39, 0.29) is 5.95 Å². The molecule has 0 radical (unpaired) electrons. The molecule has 1 atom stereocenters. The van der Waals surface area contributed by atoms with Gasteiger partial charge in [-0.3, -0.25) is 0 Å². The Balaban J connectivity index is 2.01. The number of nitrogens with one attached hydrogen (secondary N) is 1. The van der Waals surface area contributed by atoms with E-state index in [2.05, 4.69) is 22.2 Å². The van der Waals surface area contributed by atoms with Gasteiger partial charge in [-0.15, -0.1) is 0 Å². The molecule has 0 bridgehead atoms. The minimum absolute atomic E-state index is 0.244. The lowest BCUT2D eigenvalue weighted by Crippen LogP contribution is -2.20. The van der Waals surface area contributed by atoms with E-state index in [1.165, 1.54) is 19.3 Å². The van der Waals surface area contributed by atoms with E-state index in [0.29, 0.717) is 11.9 Å². The Bertz CT molecular complexity index is 379. The third kappa shape index (κ3) is 3.47. The molecule has 5 nitrogen and oxygen atoms in total. The van der Waals surface area contributed by atoms with Crippen LogP contribution in [0, 0.1) is 5.92 Å². The topological polar surface area (TPSA) is 73.1 Å². The number of hydrogen-bond donors (Lipinski definition) is 2. The second-order valence-electron chi connectivity index (χ2n) is 4.58. The number of hydrogen-bond acceptors (Lipinski definition) is 5. The Kier molecular flexibility index (Phi) is 3.66. The van der Waals surface area contributed by atoms with Gasteiger partial charge in [-0.05, 0) is 18.8 Å². The standard InChI is InChI=1S/C12H20N4O/c1-3-9(6-8-4-5-8)14-10-7-11(17-2)16-12(13)15-10/h7-9H,3-6H2,1-2H3,(H3,13,14,15,16). The normalized spacial score (nSPS) is 16.6. The SMILES string of the molecule is CCC(CC1CC1)Nc1cc(OC)nc(N)n1. The van der Waals surface area contributed by atoms with Gasteiger partial charge in [0.15, 0.2) is 0 Å². The first kappa shape index (κ1) is 12.0. The van der Waals surface area contributed by atoms with E-state index in [0.717, 1.165) is 18.2 Å². The largest absolute Gasteiger partial charge is 0.481 e. The lowest BCUT2D eigenvalue weighted by atomic mass is 10.1. The van der Waals surface area contributed by atoms with Gasteiger partial charge in [-0.2, -0.15) is 9.97 Å². The van der Waals surface area contributed by atoms with Gasteiger partial charge in [0, 0.05) is 12.1 Å². The summed E-state index contributed by atoms with van der Waals surface area (Å²) >= 11 is 0. The Labute approximate surface area is 102 Å². The molecule has 5 heteroatoms. The fourth-order valence-electron chi connectivity index (χ4n) is 1.91. The summed E-state index contributed by atoms with van der Waals surface area (Å²) in [6, 6.07) is 2.24. The first-order chi connectivity index (χ1) is 8.21. The molecule has 0 saturated heterocycles. The zero-order valence-electron chi connectivity index (χ0n) is 10.4. The Morgan fingerprint density at radius 2 is 2.29 bits per heavy atom. The third-order valence-corrected chi connectivity index (χ3v) is 3.09. The first-order valence-corrected chi connectivity index (χ1v) is 6.16. The van der Waals surface area contributed by atoms with Gasteiger partial charge in [0.2, 0.25) is 11.8 Å². The van der Waals surface area contributed by atoms with Gasteiger partial charge >= 0.3 is 0 Å². The average Bonchev–Trinajstić information content (AvgIpc) is 3.11. The molecule has 1 aliphatic carbocycles. The summed E-state index contributed by atoms with van der Waals surface area (Å²) < 4.78 is 5.07. The smallest absolute Gasteiger partial charge is 0.225 e. The van der Waals surface area contributed by atoms with Crippen molar-refractivity contribution in [1.29, 1.82) is 0 Å². The maximum atomic E-state index is 5.62. The van der Waals surface area contributed by atoms with Gasteiger partial charge in [0.05, 0.1) is 7.11 Å². The Morgan fingerprint density at radius 3 is 2.88 bits per heavy atom. The summed E-state index contributed by atoms with van der Waals surface area (Å²) in [7, 11) is 1.58. The van der Waals surface area contributed by atoms with Gasteiger partial charge in [-0.1, -0.05) is 19.8 Å². The molecule has 0 aromatic carbocycles. The van der Waals surface area contributed by atoms with Crippen LogP contribution in [-0.2, 0) is 0 Å². The van der Waals surface area contributed by atoms with Gasteiger partial charge in [0.25, 0.3) is 0 Å². The van der Waals surface area contributed by atoms with Crippen molar-refractivity contribution in [2.24, 2.45) is 5.92 Å². The van der Waals surface area contributed by atoms with Crippen LogP contribution in [0.15, 0.2) is 6.07 Å². The first-order valence-electron chi connectivity index (χ1n) is 6.16. The zero-order valence-corrected chi connectivity index (χ0v) is 10.4. The Hall–Kier alpha value is -1.52. The maximum Gasteiger partial charge on any atom is 0.225 e. The van der Waals surface area contributed by atoms with E-state index in [1.807, 2.05) is 0 Å². The summed E-state index contributed by atoms with van der Waals surface area (Å²) in [5.41, 5.74) is 5.62. The molecule has 0 spiro atoms. The van der Waals surface area contributed by atoms with Crippen molar-refractivity contribution in [3.63, 3.8) is 0 Å². The predicted octanol–water partition coefficient (Wildman–Crippen LogP) is 2.06. The highest BCUT2D eigenvalue weighted by molar-refractivity contribution is 5.43. The average molecular weight is 236 g/mol. The highest BCUT2D eigenvalue weighted by Crippen LogP contribution is 2.34. The molecule has 1 heterocycles. The molecule has 1 aromatic rings. The molecule has 0 aliphatic heterocycles. The molecule has 0 amide bonds. The van der Waals surface area contributed by atoms with Crippen LogP contribution in [-0.4, -0.2) is 23.1 Å². The van der Waals surface area contributed by atoms with Crippen LogP contribution in [0.1, 0.15) is 32.6 Å². The van der Waals surface area contributed by atoms with Crippen LogP contribution in [0.5, 0.6) is 5.88 Å². The summed E-state index contributed by atoms with van der Waals surface area (Å²) in [5, 5.41) is 3.40. The molecule has 1 saturated carbocycles. The summed E-state index contributed by atoms with van der Waals surface area (Å²) in [6.07, 6.45) is 5.03. The fourth-order valence-corrected chi connectivity index (χ4v) is 1.91. The van der Waals surface area contributed by atoms with E-state index >= 15 is 0 Å². The summed E-state index contributed by atoms with van der Waals surface area (Å²) in [5.74, 6) is 2.39. The van der Waals surface area contributed by atoms with Crippen molar-refractivity contribution in [1.82, 2.24) is 9.97 Å². The van der Waals surface area contributed by atoms with E-state index in [1.54, 1.807) is 13.2 Å². The van der Waals surface area contributed by atoms with Crippen LogP contribution < -0.4 is 15.8 Å². The summed E-state index contributed by atoms with van der Waals surface area (Å²) in [6.45, 7) is 2.18. The minimum Gasteiger partial charge on any atom is -0.481 e. The van der Waals surface area contributed by atoms with Crippen molar-refractivity contribution in [3.8, 4) is 5.88 Å². The van der Waals surface area contributed by atoms with Crippen LogP contribution in [0.4, 0.5) is 11.8 Å². The minimum atomic E-state index is 0.244. The number of nitrogen functional groups attached to an aromatic ring is 1. The van der Waals surface area contributed by atoms with E-state index < -0.39 is 0 Å². The molecule has 1 fully saturated rings. The molecule has 94 valence electrons. The van der Waals surface area contributed by atoms with Crippen LogP contribution in [0.3, 0.4) is 0 Å². The van der Waals surface area contributed by atoms with Crippen molar-refractivity contribution >= 4 is 11.8 Å². The predicted molar refractivity (Wildman–Crippen MR) is 68.0 cm³/mol. The quantitative estimate of drug-likeness (QED) is 0.791. The highest BCUT2D eigenvalue weighted by Gasteiger charge is 2.24. The molecular formula is C12H20N4O. The number of methoxy groups -OCH3 is 1. The number of nitrogens with zero attached hydrogens (tertiary/aromatic N) is 2.